The highest BCUT2D eigenvalue weighted by Crippen LogP contribution is 2.63. The van der Waals surface area contributed by atoms with Crippen LogP contribution < -0.4 is 0 Å². The van der Waals surface area contributed by atoms with Gasteiger partial charge in [-0.15, -0.1) is 0 Å². The number of Topliss-reactive ketones (excluding diaryl/α,β-unsaturated/α-hetero) is 2. The van der Waals surface area contributed by atoms with Crippen molar-refractivity contribution in [1.29, 1.82) is 0 Å². The Bertz CT molecular complexity index is 4030. The first-order valence-electron chi connectivity index (χ1n) is 123. The fourth-order valence-electron chi connectivity index (χ4n) is 12.9. The molecule has 1 aliphatic heterocycles. The second kappa shape index (κ2) is 16.9. The predicted octanol–water partition coefficient (Wildman–Crippen LogP) is 36.2. The molecule has 0 unspecified atom stereocenters. The Morgan fingerprint density at radius 3 is 1.70 bits per heavy atom. The summed E-state index contributed by atoms with van der Waals surface area (Å²) in [6.45, 7) is 23.3. The number of ether oxygens (including phenoxy) is 1. The van der Waals surface area contributed by atoms with Crippen LogP contribution in [0.25, 0.3) is 76.5 Å². The lowest BCUT2D eigenvalue weighted by Gasteiger charge is -2.46. The first-order valence-corrected chi connectivity index (χ1v) is 24.6. The second-order valence-electron chi connectivity index (χ2n) is 20.3. The van der Waals surface area contributed by atoms with Crippen LogP contribution in [0, 0.1) is 48.5 Å². The van der Waals surface area contributed by atoms with Crippen LogP contribution in [0.2, 0.25) is 0 Å². The Hall–Kier alpha value is -8.26. The topological polar surface area (TPSA) is 133 Å². The molecule has 5 aliphatic rings. The Labute approximate surface area is 724 Å². The third-order valence-electron chi connectivity index (χ3n) is 16.6. The number of rotatable bonds is 4. The minimum atomic E-state index is -1.45. The van der Waals surface area contributed by atoms with Crippen LogP contribution in [0.1, 0.15) is 355 Å². The number of epoxide rings is 1. The number of hydrogen-bond donors (Lipinski definition) is 0. The number of carbonyl (C=O) groups is 2. The molecule has 556 valence electrons. The number of nitrogens with zero attached hydrogens (tertiary/aromatic N) is 8. The third-order valence-corrected chi connectivity index (χ3v) is 16.6. The zero-order chi connectivity index (χ0) is 247. The van der Waals surface area contributed by atoms with E-state index in [9.17, 15) is 9.59 Å². The van der Waals surface area contributed by atoms with E-state index in [-0.39, 0.29) is 54.0 Å². The summed E-state index contributed by atoms with van der Waals surface area (Å²) in [6, 6.07) is 29.1. The minimum absolute atomic E-state index is 0. The first kappa shape index (κ1) is 8.71. The number of pyridine rings is 2. The highest BCUT2D eigenvalue weighted by Gasteiger charge is 2.83. The van der Waals surface area contributed by atoms with Gasteiger partial charge in [-0.1, -0.05) is 107 Å². The van der Waals surface area contributed by atoms with E-state index in [1.165, 1.54) is 12.1 Å². The molecule has 0 radical (unpaired) electrons. The third kappa shape index (κ3) is 6.82. The normalized spacial score (nSPS) is 37.1. The van der Waals surface area contributed by atoms with Gasteiger partial charge in [-0.2, -0.15) is 0 Å². The zero-order valence-electron chi connectivity index (χ0n) is 236. The highest BCUT2D eigenvalue weighted by molar-refractivity contribution is 6.01. The number of carbonyl (C=O) groups excluding carboxylic acids is 2. The average Bonchev–Trinajstić information content (AvgIpc) is 1.49. The van der Waals surface area contributed by atoms with Crippen LogP contribution in [0.3, 0.4) is 0 Å². The van der Waals surface area contributed by atoms with Crippen LogP contribution in [-0.4, -0.2) is 53.3 Å². The number of aromatic nitrogens is 6. The van der Waals surface area contributed by atoms with Gasteiger partial charge < -0.3 is 4.79 Å². The molecule has 0 spiro atoms. The largest absolute Gasteiger partial charge is 0.424 e. The van der Waals surface area contributed by atoms with Gasteiger partial charge in [0.05, 0.1) is 34.8 Å². The average molecular weight is 1560 g/mol. The molecular formula is C60H244F2N8O3. The van der Waals surface area contributed by atoms with E-state index in [1.54, 1.807) is 67.3 Å². The SMILES string of the molecule is [3HH].[3H][3H].[3H][3H].[3H][3H].[3H][3H].[3H][3H].[3H][3H].[3H][3H].[3H][3H].[3H][3H].[3H][3H].[3H][3H].[3H][3H].[3H][3H].[3H][3H].[3H][3H].[3H][3H].[3H][3H].[3H][3H].[3H][3H].[3H][3H].[3H][3H].[3H][3H].[3H][3H].[3H][3H].[3H][3H].[3H][3H].[3H][3H].[3H][3H].[3H][3H].[3H][3H].[3H][3H].[3H][3H].[3H][3H].[3H][3H].[3H][3H].[3H][3H].[3H][3H].[3H][3H].[3H][3H].[3H][3H].[3H][3H].[3H][3H].[3H][3H].[3H][3H].[3H][3H].[3H][3H].[3H][3H].[3H][3H].[3H][3H].[3H][3H].[3H][3H].[3H][3H].[3H][3H].[3H][3H].[3H][3H].[3H][3H].[3H][3H].[3H][3H].[3H][3H].[3H][3H].[3H][3H].[3H][3H].[3H][3H].[3H][3H].[3H][3H].[3H][3H].[3H][3H].[3H][3H].[3H][3H].[3H][3H].[3H][3H].[3H][3H].[3H][3H].[3H][3H].[3H][3H].[3H][3H].[3H][3H].[3H][3H].[3H][3H].[3H][3H].[3H][3H].[3H][3H].[3H][3H].[3H][3H].[3H][3H].[3H][3H].[3H][3H].[3H][3H].[3H][3H].[3H][3H].[3H][3H].[3H][3H].[3H][3H].[3H][3H].[3H][3H].[3H][3H].[3H][3H].[3H][3H].[C-]#[N+]C1=C[C@@]2(C)c3nc(-c4cncc5ccccc45)nc(-c4ccccc4F)c3CC[C@@H]2[C@@H](C)C1=O.[C-]#[N+][C@]12O[C@H]1[C@@]1(C)c3nc(-c4cncc5ccccc45)nc(-c4ccccc4F)c3CC[C@@H]1[C@@H](C)C2=O. The maximum atomic E-state index is 15.2. The fraction of sp³-hybridized carbons (Fsp3) is 0.267. The molecule has 0 amide bonds. The number of ketones is 2. The molecule has 4 aromatic carbocycles. The summed E-state index contributed by atoms with van der Waals surface area (Å²) in [7, 11) is 0. The van der Waals surface area contributed by atoms with Crippen molar-refractivity contribution in [3.8, 4) is 45.3 Å². The molecule has 8 atom stereocenters. The Balaban J connectivity index is -0.0000000154. The molecule has 13 rings (SSSR count). The number of halogens is 2. The Morgan fingerprint density at radius 2 is 1.15 bits per heavy atom. The highest BCUT2D eigenvalue weighted by atomic mass is 19.1. The second-order valence-corrected chi connectivity index (χ2v) is 20.3. The van der Waals surface area contributed by atoms with Crippen molar-refractivity contribution < 1.29 is 316 Å². The van der Waals surface area contributed by atoms with E-state index in [0.717, 1.165) is 61.6 Å². The van der Waals surface area contributed by atoms with E-state index in [0.29, 0.717) is 53.4 Å². The Kier molecular flexibility index (Phi) is 2.02. The van der Waals surface area contributed by atoms with Gasteiger partial charge in [-0.3, -0.25) is 24.3 Å². The van der Waals surface area contributed by atoms with Crippen molar-refractivity contribution >= 4 is 33.1 Å². The predicted molar refractivity (Wildman–Crippen MR) is 481 cm³/mol. The smallest absolute Gasteiger partial charge is 0.308 e. The van der Waals surface area contributed by atoms with E-state index in [2.05, 4.69) is 26.6 Å². The molecule has 0 N–H and O–H groups in total. The molecule has 4 aliphatic carbocycles. The standard InChI is InChI=1S/C30H23FN4O2.C30H23FN4O.99H2/c1-16-22-13-12-20-24(19-10-6-7-11-23(19)31)34-27(21-15-33-14-17-8-4-5-9-18(17)21)35-25(20)29(22,2)28-30(32-3,37-28)26(16)36;1-17-23-13-12-21-26(20-10-6-7-11-24(20)31)34-29(22-16-33-15-18-8-4-5-9-19(18)22)35-28(21)30(23,2)14-25(32-3)27(17)36;;;;;;;;;;;;;;;;;;;;;;;;;;;;;;;;;;;;;;;;;;;;;;;;;;;;;;;;;;;;;;;;;;;;;;;;;;;;;;;;;;;;;;;;;;;;;;;;;;;/h4-11,14-16,22,28H,12-13H2,1-2H3;4-11,14-17,23H,12-13H2,1-2H3;99*1H/t16-,22-,28+,29-,30-;17-,23-,30-;;;;;;;;;;;;;;;;;;;;;;;;;;;;;;;;;;;;;;;;;;;;;;;;;;;;;;;;;;;;;;;;;;;;;;;;;;;;;;;;;;;;;;;;;;;;;;;;;;;/m11.................................................................................................../s1/i;;98*1+2T;1+2. The van der Waals surface area contributed by atoms with Gasteiger partial charge in [0, 0.05) is 379 Å². The molecule has 8 aromatic rings. The minimum Gasteiger partial charge on any atom is -0.308 e. The summed E-state index contributed by atoms with van der Waals surface area (Å²) < 4.78 is 1020. The molecule has 0 bridgehead atoms. The molecule has 73 heavy (non-hydrogen) atoms. The molecule has 13 heteroatoms. The fourth-order valence-corrected chi connectivity index (χ4v) is 12.9. The van der Waals surface area contributed by atoms with Crippen LogP contribution in [-0.2, 0) is 38.0 Å². The molecule has 2 fully saturated rings. The number of allylic oxidation sites excluding steroid dienone is 2. The molecule has 5 heterocycles. The molecule has 11 nitrogen and oxygen atoms in total. The van der Waals surface area contributed by atoms with Crippen LogP contribution in [0.15, 0.2) is 134 Å². The maximum absolute atomic E-state index is 15.2. The van der Waals surface area contributed by atoms with Crippen LogP contribution in [0.4, 0.5) is 8.78 Å². The van der Waals surface area contributed by atoms with Crippen molar-refractivity contribution in [1.82, 2.24) is 29.9 Å². The Morgan fingerprint density at radius 1 is 0.644 bits per heavy atom. The molecule has 1 saturated carbocycles. The van der Waals surface area contributed by atoms with Gasteiger partial charge in [0.1, 0.15) is 11.6 Å². The number of hydrogen-bond acceptors (Lipinski definition) is 9. The molecule has 4 aromatic heterocycles. The van der Waals surface area contributed by atoms with E-state index >= 15 is 8.78 Å². The quantitative estimate of drug-likeness (QED) is 0.125. The lowest BCUT2D eigenvalue weighted by atomic mass is 9.55. The molecular weight excluding hydrogens is 919 g/mol. The summed E-state index contributed by atoms with van der Waals surface area (Å²) in [5.74, 6) is -0.755. The van der Waals surface area contributed by atoms with Gasteiger partial charge in [-0.05, 0) is 72.6 Å². The first-order chi connectivity index (χ1) is 133. The summed E-state index contributed by atoms with van der Waals surface area (Å²) >= 11 is 0. The lowest BCUT2D eigenvalue weighted by Crippen LogP contribution is -2.55. The van der Waals surface area contributed by atoms with Gasteiger partial charge in [-0.25, -0.2) is 40.1 Å². The maximum Gasteiger partial charge on any atom is 0.424 e. The summed E-state index contributed by atoms with van der Waals surface area (Å²) in [4.78, 5) is 62.2. The van der Waals surface area contributed by atoms with Crippen LogP contribution >= 0.6 is 0 Å². The summed E-state index contributed by atoms with van der Waals surface area (Å²) in [5.41, 5.74) is 4.01. The van der Waals surface area contributed by atoms with Crippen molar-refractivity contribution in [2.24, 2.45) is 23.7 Å². The van der Waals surface area contributed by atoms with Crippen molar-refractivity contribution in [2.75, 3.05) is 0 Å². The van der Waals surface area contributed by atoms with E-state index in [4.69, 9.17) is 329 Å². The van der Waals surface area contributed by atoms with E-state index in [1.807, 2.05) is 69.3 Å². The van der Waals surface area contributed by atoms with Crippen molar-refractivity contribution in [2.45, 2.75) is 76.0 Å². The van der Waals surface area contributed by atoms with Crippen molar-refractivity contribution in [3.05, 3.63) is 191 Å². The summed E-state index contributed by atoms with van der Waals surface area (Å²) in [5, 5.41) is 3.81. The molecule has 1 saturated heterocycles. The lowest BCUT2D eigenvalue weighted by molar-refractivity contribution is -0.130. The zero-order valence-corrected chi connectivity index (χ0v) is 40.4. The van der Waals surface area contributed by atoms with E-state index < -0.39 is 22.7 Å². The van der Waals surface area contributed by atoms with Gasteiger partial charge in [0.2, 0.25) is 5.70 Å². The summed E-state index contributed by atoms with van der Waals surface area (Å²) in [6.07, 6.45) is 11.0. The monoisotopic (exact) mass is 1560 g/mol. The van der Waals surface area contributed by atoms with Crippen LogP contribution in [0.5, 0.6) is 0 Å². The van der Waals surface area contributed by atoms with Gasteiger partial charge in [0.15, 0.2) is 23.5 Å². The number of fused-ring (bicyclic) bond motifs is 10. The van der Waals surface area contributed by atoms with Gasteiger partial charge in [0.25, 0.3) is 5.78 Å². The number of benzene rings is 4. The van der Waals surface area contributed by atoms with Crippen molar-refractivity contribution in [3.63, 3.8) is 0 Å². The van der Waals surface area contributed by atoms with Gasteiger partial charge >= 0.3 is 5.72 Å².